The van der Waals surface area contributed by atoms with Crippen molar-refractivity contribution in [1.29, 1.82) is 0 Å². The fourth-order valence-electron chi connectivity index (χ4n) is 2.44. The Morgan fingerprint density at radius 1 is 1.17 bits per heavy atom. The van der Waals surface area contributed by atoms with Gasteiger partial charge in [-0.2, -0.15) is 13.2 Å². The number of amides is 1. The minimum Gasteiger partial charge on any atom is -0.408 e. The number of nitrogens with zero attached hydrogens (tertiary/aromatic N) is 2. The number of hydrogen-bond acceptors (Lipinski definition) is 6. The summed E-state index contributed by atoms with van der Waals surface area (Å²) in [6, 6.07) is 1.36. The molecular formula is C18H24F3N3O4S. The number of nitrogens with one attached hydrogen (secondary N) is 1. The number of pyridine rings is 1. The van der Waals surface area contributed by atoms with E-state index in [4.69, 9.17) is 4.84 Å². The molecule has 0 saturated carbocycles. The van der Waals surface area contributed by atoms with Crippen LogP contribution in [0.3, 0.4) is 0 Å². The fraction of sp³-hybridized carbons (Fsp3) is 0.556. The zero-order valence-corrected chi connectivity index (χ0v) is 17.8. The highest BCUT2D eigenvalue weighted by Gasteiger charge is 2.45. The Labute approximate surface area is 167 Å². The minimum atomic E-state index is -4.70. The van der Waals surface area contributed by atoms with Gasteiger partial charge in [0.1, 0.15) is 22.4 Å². The number of sulfone groups is 1. The van der Waals surface area contributed by atoms with Crippen LogP contribution in [0.4, 0.5) is 13.2 Å². The van der Waals surface area contributed by atoms with Crippen LogP contribution in [0, 0.1) is 5.41 Å². The Balaban J connectivity index is 2.26. The summed E-state index contributed by atoms with van der Waals surface area (Å²) in [5.41, 5.74) is -1.54. The standard InChI is InChI=1S/C18H24F3N3O4S/c1-16(2,3)13-9-14(24(6)28-13)23-15(25)17(4,5)29(26,27)11-7-8-12(22-10-11)18(19,20)21/h7-10,14H,1-6H3,(H,23,25). The number of aromatic nitrogens is 1. The quantitative estimate of drug-likeness (QED) is 0.783. The molecule has 2 rings (SSSR count). The van der Waals surface area contributed by atoms with Crippen molar-refractivity contribution in [2.45, 2.75) is 56.6 Å². The summed E-state index contributed by atoms with van der Waals surface area (Å²) in [5.74, 6) is -0.220. The molecule has 1 atom stereocenters. The number of carbonyl (C=O) groups is 1. The first-order valence-electron chi connectivity index (χ1n) is 8.70. The zero-order valence-electron chi connectivity index (χ0n) is 17.0. The van der Waals surface area contributed by atoms with Gasteiger partial charge < -0.3 is 10.2 Å². The number of rotatable bonds is 4. The van der Waals surface area contributed by atoms with E-state index in [1.54, 1.807) is 13.1 Å². The largest absolute Gasteiger partial charge is 0.433 e. The van der Waals surface area contributed by atoms with E-state index in [0.29, 0.717) is 18.0 Å². The summed E-state index contributed by atoms with van der Waals surface area (Å²) in [5, 5.41) is 3.96. The predicted molar refractivity (Wildman–Crippen MR) is 98.8 cm³/mol. The molecule has 1 amide bonds. The van der Waals surface area contributed by atoms with Gasteiger partial charge >= 0.3 is 6.18 Å². The van der Waals surface area contributed by atoms with Gasteiger partial charge in [0.05, 0.1) is 4.90 Å². The van der Waals surface area contributed by atoms with Crippen LogP contribution >= 0.6 is 0 Å². The van der Waals surface area contributed by atoms with Crippen LogP contribution in [0.5, 0.6) is 0 Å². The zero-order chi connectivity index (χ0) is 22.4. The van der Waals surface area contributed by atoms with E-state index in [2.05, 4.69) is 10.3 Å². The van der Waals surface area contributed by atoms with Crippen LogP contribution in [0.1, 0.15) is 40.3 Å². The van der Waals surface area contributed by atoms with Gasteiger partial charge in [0.15, 0.2) is 9.84 Å². The molecule has 1 aromatic rings. The molecule has 1 aliphatic rings. The summed E-state index contributed by atoms with van der Waals surface area (Å²) < 4.78 is 61.8. The predicted octanol–water partition coefficient (Wildman–Crippen LogP) is 2.90. The van der Waals surface area contributed by atoms with Crippen LogP contribution in [-0.4, -0.2) is 42.3 Å². The van der Waals surface area contributed by atoms with Crippen molar-refractivity contribution in [3.8, 4) is 0 Å². The molecule has 0 aliphatic carbocycles. The molecule has 1 aliphatic heterocycles. The number of alkyl halides is 3. The molecule has 0 fully saturated rings. The van der Waals surface area contributed by atoms with Crippen LogP contribution in [-0.2, 0) is 25.6 Å². The summed E-state index contributed by atoms with van der Waals surface area (Å²) in [6.07, 6.45) is -3.12. The third-order valence-corrected chi connectivity index (χ3v) is 6.91. The van der Waals surface area contributed by atoms with Gasteiger partial charge in [-0.15, -0.1) is 5.06 Å². The van der Waals surface area contributed by atoms with Crippen LogP contribution < -0.4 is 5.32 Å². The lowest BCUT2D eigenvalue weighted by molar-refractivity contribution is -0.141. The van der Waals surface area contributed by atoms with Gasteiger partial charge in [0.2, 0.25) is 5.91 Å². The Bertz CT molecular complexity index is 917. The van der Waals surface area contributed by atoms with Crippen molar-refractivity contribution in [3.05, 3.63) is 35.9 Å². The van der Waals surface area contributed by atoms with Gasteiger partial charge in [-0.05, 0) is 32.1 Å². The van der Waals surface area contributed by atoms with E-state index in [9.17, 15) is 26.4 Å². The number of hydrogen-bond donors (Lipinski definition) is 1. The van der Waals surface area contributed by atoms with Crippen molar-refractivity contribution in [2.75, 3.05) is 7.05 Å². The average Bonchev–Trinajstić information content (AvgIpc) is 2.95. The molecule has 0 spiro atoms. The third kappa shape index (κ3) is 4.55. The van der Waals surface area contributed by atoms with Crippen molar-refractivity contribution in [3.63, 3.8) is 0 Å². The highest BCUT2D eigenvalue weighted by atomic mass is 32.2. The molecule has 162 valence electrons. The Hall–Kier alpha value is -2.14. The molecule has 29 heavy (non-hydrogen) atoms. The first-order valence-corrected chi connectivity index (χ1v) is 10.2. The van der Waals surface area contributed by atoms with E-state index < -0.39 is 43.4 Å². The first-order chi connectivity index (χ1) is 13.0. The van der Waals surface area contributed by atoms with E-state index in [1.165, 1.54) is 18.9 Å². The lowest BCUT2D eigenvalue weighted by Gasteiger charge is -2.27. The molecule has 0 saturated heterocycles. The average molecular weight is 435 g/mol. The van der Waals surface area contributed by atoms with Crippen LogP contribution in [0.25, 0.3) is 0 Å². The second-order valence-electron chi connectivity index (χ2n) is 8.23. The summed E-state index contributed by atoms with van der Waals surface area (Å²) in [7, 11) is -2.74. The van der Waals surface area contributed by atoms with E-state index in [1.807, 2.05) is 20.8 Å². The lowest BCUT2D eigenvalue weighted by Crippen LogP contribution is -2.53. The van der Waals surface area contributed by atoms with Crippen molar-refractivity contribution >= 4 is 15.7 Å². The highest BCUT2D eigenvalue weighted by molar-refractivity contribution is 7.93. The number of halogens is 3. The number of carbonyl (C=O) groups excluding carboxylic acids is 1. The van der Waals surface area contributed by atoms with Crippen LogP contribution in [0.15, 0.2) is 35.1 Å². The third-order valence-electron chi connectivity index (χ3n) is 4.52. The molecule has 11 heteroatoms. The van der Waals surface area contributed by atoms with Gasteiger partial charge in [-0.1, -0.05) is 20.8 Å². The Morgan fingerprint density at radius 3 is 2.17 bits per heavy atom. The van der Waals surface area contributed by atoms with E-state index in [0.717, 1.165) is 6.07 Å². The molecule has 1 aromatic heterocycles. The highest BCUT2D eigenvalue weighted by Crippen LogP contribution is 2.33. The molecule has 1 N–H and O–H groups in total. The van der Waals surface area contributed by atoms with Crippen LogP contribution in [0.2, 0.25) is 0 Å². The summed E-state index contributed by atoms with van der Waals surface area (Å²) in [6.45, 7) is 8.12. The fourth-order valence-corrected chi connectivity index (χ4v) is 3.77. The second kappa shape index (κ2) is 7.28. The molecular weight excluding hydrogens is 411 g/mol. The number of allylic oxidation sites excluding steroid dienone is 1. The summed E-state index contributed by atoms with van der Waals surface area (Å²) >= 11 is 0. The summed E-state index contributed by atoms with van der Waals surface area (Å²) in [4.78, 5) is 21.0. The number of likely N-dealkylation sites (N-methyl/N-ethyl adjacent to an activating group) is 1. The first kappa shape index (κ1) is 23.1. The van der Waals surface area contributed by atoms with Gasteiger partial charge in [0, 0.05) is 18.7 Å². The molecule has 2 heterocycles. The smallest absolute Gasteiger partial charge is 0.408 e. The molecule has 0 radical (unpaired) electrons. The maximum absolute atomic E-state index is 12.9. The van der Waals surface area contributed by atoms with Gasteiger partial charge in [-0.3, -0.25) is 9.78 Å². The van der Waals surface area contributed by atoms with Gasteiger partial charge in [-0.25, -0.2) is 8.42 Å². The van der Waals surface area contributed by atoms with Crippen molar-refractivity contribution < 1.29 is 31.2 Å². The van der Waals surface area contributed by atoms with E-state index >= 15 is 0 Å². The molecule has 1 unspecified atom stereocenters. The topological polar surface area (TPSA) is 88.6 Å². The van der Waals surface area contributed by atoms with Gasteiger partial charge in [0.25, 0.3) is 0 Å². The number of hydroxylamine groups is 2. The van der Waals surface area contributed by atoms with E-state index in [-0.39, 0.29) is 5.41 Å². The normalized spacial score (nSPS) is 18.9. The second-order valence-corrected chi connectivity index (χ2v) is 10.7. The minimum absolute atomic E-state index is 0.318. The van der Waals surface area contributed by atoms with Crippen molar-refractivity contribution in [1.82, 2.24) is 15.4 Å². The SMILES string of the molecule is CN1OC(C(C)(C)C)=CC1NC(=O)C(C)(C)S(=O)(=O)c1ccc(C(F)(F)F)nc1. The van der Waals surface area contributed by atoms with Crippen molar-refractivity contribution in [2.24, 2.45) is 5.41 Å². The lowest BCUT2D eigenvalue weighted by atomic mass is 9.93. The molecule has 7 nitrogen and oxygen atoms in total. The molecule has 0 aromatic carbocycles. The maximum atomic E-state index is 12.9. The molecule has 0 bridgehead atoms. The Kier molecular flexibility index (Phi) is 5.81. The monoisotopic (exact) mass is 435 g/mol. The Morgan fingerprint density at radius 2 is 1.76 bits per heavy atom. The maximum Gasteiger partial charge on any atom is 0.433 e.